The van der Waals surface area contributed by atoms with Gasteiger partial charge in [-0.2, -0.15) is 0 Å². The summed E-state index contributed by atoms with van der Waals surface area (Å²) in [5, 5.41) is 9.40. The van der Waals surface area contributed by atoms with E-state index < -0.39 is 5.97 Å². The molecule has 1 N–H and O–H groups in total. The van der Waals surface area contributed by atoms with Gasteiger partial charge in [-0.05, 0) is 23.8 Å². The third-order valence-corrected chi connectivity index (χ3v) is 3.43. The highest BCUT2D eigenvalue weighted by Gasteiger charge is 2.28. The zero-order valence-electron chi connectivity index (χ0n) is 10.3. The van der Waals surface area contributed by atoms with Crippen LogP contribution in [0.15, 0.2) is 34.9 Å². The van der Waals surface area contributed by atoms with E-state index in [1.807, 2.05) is 6.07 Å². The first-order valence-corrected chi connectivity index (χ1v) is 6.32. The molecule has 0 unspecified atom stereocenters. The maximum absolute atomic E-state index is 12.0. The summed E-state index contributed by atoms with van der Waals surface area (Å²) in [6, 6.07) is 6.70. The van der Waals surface area contributed by atoms with Crippen LogP contribution >= 0.6 is 11.6 Å². The fourth-order valence-corrected chi connectivity index (χ4v) is 2.40. The number of carbonyl (C=O) groups excluding carboxylic acids is 1. The van der Waals surface area contributed by atoms with Crippen molar-refractivity contribution in [3.63, 3.8) is 0 Å². The standard InChI is InChI=1S/C14H10ClNO4/c15-10-2-1-8-4-13(17)16(12(8)5-10)6-11-3-9(7-20-11)14(18)19/h1-3,5,7H,4,6H2,(H,18,19). The molecule has 1 aromatic carbocycles. The lowest BCUT2D eigenvalue weighted by Crippen LogP contribution is -2.25. The maximum atomic E-state index is 12.0. The molecule has 2 aromatic rings. The third-order valence-electron chi connectivity index (χ3n) is 3.20. The number of halogens is 1. The summed E-state index contributed by atoms with van der Waals surface area (Å²) in [6.45, 7) is 0.194. The van der Waals surface area contributed by atoms with Crippen LogP contribution in [-0.4, -0.2) is 17.0 Å². The van der Waals surface area contributed by atoms with Gasteiger partial charge in [0.05, 0.1) is 18.5 Å². The molecule has 1 aliphatic heterocycles. The monoisotopic (exact) mass is 291 g/mol. The number of carbonyl (C=O) groups is 2. The number of hydrogen-bond donors (Lipinski definition) is 1. The summed E-state index contributed by atoms with van der Waals surface area (Å²) in [7, 11) is 0. The zero-order chi connectivity index (χ0) is 14.3. The minimum Gasteiger partial charge on any atom is -0.478 e. The number of nitrogens with zero attached hydrogens (tertiary/aromatic N) is 1. The van der Waals surface area contributed by atoms with Crippen molar-refractivity contribution in [1.29, 1.82) is 0 Å². The Morgan fingerprint density at radius 3 is 2.90 bits per heavy atom. The molecule has 5 nitrogen and oxygen atoms in total. The number of amides is 1. The fraction of sp³-hybridized carbons (Fsp3) is 0.143. The van der Waals surface area contributed by atoms with E-state index in [1.165, 1.54) is 6.07 Å². The summed E-state index contributed by atoms with van der Waals surface area (Å²) in [4.78, 5) is 24.4. The van der Waals surface area contributed by atoms with Gasteiger partial charge in [-0.1, -0.05) is 17.7 Å². The van der Waals surface area contributed by atoms with Crippen molar-refractivity contribution in [2.24, 2.45) is 0 Å². The molecule has 6 heteroatoms. The van der Waals surface area contributed by atoms with Crippen LogP contribution in [0.5, 0.6) is 0 Å². The second kappa shape index (κ2) is 4.68. The Balaban J connectivity index is 1.89. The zero-order valence-corrected chi connectivity index (χ0v) is 11.1. The molecule has 0 fully saturated rings. The Morgan fingerprint density at radius 2 is 2.20 bits per heavy atom. The number of hydrogen-bond acceptors (Lipinski definition) is 3. The predicted octanol–water partition coefficient (Wildman–Crippen LogP) is 2.72. The van der Waals surface area contributed by atoms with Gasteiger partial charge < -0.3 is 14.4 Å². The van der Waals surface area contributed by atoms with E-state index in [0.29, 0.717) is 17.2 Å². The average molecular weight is 292 g/mol. The third kappa shape index (κ3) is 2.16. The predicted molar refractivity (Wildman–Crippen MR) is 72.0 cm³/mol. The van der Waals surface area contributed by atoms with E-state index in [4.69, 9.17) is 21.1 Å². The molecule has 0 radical (unpaired) electrons. The lowest BCUT2D eigenvalue weighted by Gasteiger charge is -2.15. The van der Waals surface area contributed by atoms with Crippen molar-refractivity contribution < 1.29 is 19.1 Å². The van der Waals surface area contributed by atoms with Crippen LogP contribution in [-0.2, 0) is 17.8 Å². The summed E-state index contributed by atoms with van der Waals surface area (Å²) < 4.78 is 5.17. The van der Waals surface area contributed by atoms with Crippen LogP contribution in [0.2, 0.25) is 5.02 Å². The van der Waals surface area contributed by atoms with E-state index >= 15 is 0 Å². The van der Waals surface area contributed by atoms with E-state index in [1.54, 1.807) is 17.0 Å². The lowest BCUT2D eigenvalue weighted by molar-refractivity contribution is -0.117. The van der Waals surface area contributed by atoms with Crippen molar-refractivity contribution in [3.05, 3.63) is 52.4 Å². The SMILES string of the molecule is O=C(O)c1coc(CN2C(=O)Cc3ccc(Cl)cc32)c1. The number of fused-ring (bicyclic) bond motifs is 1. The molecule has 0 saturated carbocycles. The van der Waals surface area contributed by atoms with Crippen LogP contribution in [0.1, 0.15) is 21.7 Å². The van der Waals surface area contributed by atoms with Gasteiger partial charge in [0.25, 0.3) is 0 Å². The number of carboxylic acids is 1. The van der Waals surface area contributed by atoms with Crippen LogP contribution in [0, 0.1) is 0 Å². The highest BCUT2D eigenvalue weighted by molar-refractivity contribution is 6.31. The van der Waals surface area contributed by atoms with Gasteiger partial charge in [-0.15, -0.1) is 0 Å². The summed E-state index contributed by atoms with van der Waals surface area (Å²) in [5.74, 6) is -0.699. The molecule has 0 aliphatic carbocycles. The Bertz CT molecular complexity index is 707. The first-order valence-electron chi connectivity index (χ1n) is 5.94. The lowest BCUT2D eigenvalue weighted by atomic mass is 10.2. The number of anilines is 1. The molecule has 0 atom stereocenters. The largest absolute Gasteiger partial charge is 0.478 e. The van der Waals surface area contributed by atoms with Crippen molar-refractivity contribution >= 4 is 29.2 Å². The second-order valence-electron chi connectivity index (χ2n) is 4.54. The molecular formula is C14H10ClNO4. The smallest absolute Gasteiger partial charge is 0.338 e. The average Bonchev–Trinajstić information content (AvgIpc) is 2.97. The molecule has 0 bridgehead atoms. The molecule has 0 saturated heterocycles. The minimum absolute atomic E-state index is 0.0597. The summed E-state index contributed by atoms with van der Waals surface area (Å²) >= 11 is 5.95. The quantitative estimate of drug-likeness (QED) is 0.944. The Labute approximate surface area is 119 Å². The number of benzene rings is 1. The normalized spacial score (nSPS) is 13.7. The topological polar surface area (TPSA) is 70.8 Å². The fourth-order valence-electron chi connectivity index (χ4n) is 2.24. The molecule has 20 heavy (non-hydrogen) atoms. The highest BCUT2D eigenvalue weighted by atomic mass is 35.5. The number of aromatic carboxylic acids is 1. The minimum atomic E-state index is -1.06. The molecule has 1 amide bonds. The second-order valence-corrected chi connectivity index (χ2v) is 4.97. The van der Waals surface area contributed by atoms with Gasteiger partial charge in [-0.25, -0.2) is 4.79 Å². The molecule has 1 aliphatic rings. The number of furan rings is 1. The van der Waals surface area contributed by atoms with Crippen LogP contribution in [0.25, 0.3) is 0 Å². The molecular weight excluding hydrogens is 282 g/mol. The molecule has 1 aromatic heterocycles. The summed E-state index contributed by atoms with van der Waals surface area (Å²) in [6.07, 6.45) is 1.48. The van der Waals surface area contributed by atoms with Gasteiger partial charge >= 0.3 is 5.97 Å². The van der Waals surface area contributed by atoms with Crippen molar-refractivity contribution in [2.45, 2.75) is 13.0 Å². The van der Waals surface area contributed by atoms with Gasteiger partial charge in [0.15, 0.2) is 0 Å². The first-order chi connectivity index (χ1) is 9.54. The maximum Gasteiger partial charge on any atom is 0.338 e. The number of carboxylic acid groups (broad SMARTS) is 1. The van der Waals surface area contributed by atoms with Gasteiger partial charge in [0.1, 0.15) is 12.0 Å². The van der Waals surface area contributed by atoms with E-state index in [9.17, 15) is 9.59 Å². The summed E-state index contributed by atoms with van der Waals surface area (Å²) in [5.41, 5.74) is 1.72. The van der Waals surface area contributed by atoms with Crippen LogP contribution in [0.4, 0.5) is 5.69 Å². The van der Waals surface area contributed by atoms with Crippen LogP contribution in [0.3, 0.4) is 0 Å². The molecule has 0 spiro atoms. The Morgan fingerprint density at radius 1 is 1.40 bits per heavy atom. The first kappa shape index (κ1) is 12.7. The Kier molecular flexibility index (Phi) is 2.99. The number of rotatable bonds is 3. The highest BCUT2D eigenvalue weighted by Crippen LogP contribution is 2.32. The molecule has 3 rings (SSSR count). The van der Waals surface area contributed by atoms with Crippen LogP contribution < -0.4 is 4.90 Å². The Hall–Kier alpha value is -2.27. The van der Waals surface area contributed by atoms with Gasteiger partial charge in [-0.3, -0.25) is 4.79 Å². The van der Waals surface area contributed by atoms with Crippen molar-refractivity contribution in [2.75, 3.05) is 4.90 Å². The molecule has 102 valence electrons. The van der Waals surface area contributed by atoms with Gasteiger partial charge in [0, 0.05) is 10.7 Å². The van der Waals surface area contributed by atoms with Crippen molar-refractivity contribution in [1.82, 2.24) is 0 Å². The van der Waals surface area contributed by atoms with E-state index in [2.05, 4.69) is 0 Å². The van der Waals surface area contributed by atoms with Gasteiger partial charge in [0.2, 0.25) is 5.91 Å². The van der Waals surface area contributed by atoms with E-state index in [0.717, 1.165) is 17.5 Å². The molecule has 2 heterocycles. The van der Waals surface area contributed by atoms with Crippen molar-refractivity contribution in [3.8, 4) is 0 Å². The van der Waals surface area contributed by atoms with E-state index in [-0.39, 0.29) is 18.0 Å².